The molecule has 8 fully saturated rings. The molecule has 24 nitrogen and oxygen atoms in total. The molecule has 444 valence electrons. The summed E-state index contributed by atoms with van der Waals surface area (Å²) in [4.78, 5) is 28.7. The van der Waals surface area contributed by atoms with Crippen LogP contribution in [0.5, 0.6) is 0 Å². The van der Waals surface area contributed by atoms with Crippen molar-refractivity contribution in [1.29, 1.82) is 0 Å². The summed E-state index contributed by atoms with van der Waals surface area (Å²) in [5.74, 6) is -0.841. The summed E-state index contributed by atoms with van der Waals surface area (Å²) in [5, 5.41) is 140. The summed E-state index contributed by atoms with van der Waals surface area (Å²) < 4.78 is 53.8. The van der Waals surface area contributed by atoms with E-state index in [1.807, 2.05) is 13.8 Å². The lowest BCUT2D eigenvalue weighted by Gasteiger charge is -2.63. The molecular weight excluding hydrogens is 1030 g/mol. The summed E-state index contributed by atoms with van der Waals surface area (Å²) in [7, 11) is 0. The molecule has 0 radical (unpaired) electrons. The van der Waals surface area contributed by atoms with E-state index >= 15 is 0 Å². The molecule has 9 aliphatic rings. The van der Waals surface area contributed by atoms with E-state index in [1.165, 1.54) is 5.57 Å². The Kier molecular flexibility index (Phi) is 17.3. The molecule has 0 amide bonds. The van der Waals surface area contributed by atoms with Gasteiger partial charge in [0.1, 0.15) is 109 Å². The number of Topliss-reactive ketones (excluding diaryl/α,β-unsaturated/α-hetero) is 1. The second kappa shape index (κ2) is 22.4. The van der Waals surface area contributed by atoms with E-state index in [4.69, 9.17) is 42.6 Å². The first-order valence-electron chi connectivity index (χ1n) is 27.6. The fraction of sp³-hybridized carbons (Fsp3) is 0.889. The van der Waals surface area contributed by atoms with Crippen molar-refractivity contribution in [3.63, 3.8) is 0 Å². The maximum Gasteiger partial charge on any atom is 0.314 e. The van der Waals surface area contributed by atoms with Crippen molar-refractivity contribution >= 4 is 11.8 Å². The fourth-order valence-corrected chi connectivity index (χ4v) is 15.9. The van der Waals surface area contributed by atoms with Gasteiger partial charge in [-0.15, -0.1) is 6.58 Å². The van der Waals surface area contributed by atoms with Crippen molar-refractivity contribution in [3.05, 3.63) is 23.8 Å². The summed E-state index contributed by atoms with van der Waals surface area (Å²) in [6.07, 6.45) is -28.8. The lowest BCUT2D eigenvalue weighted by atomic mass is 9.41. The fourth-order valence-electron chi connectivity index (χ4n) is 15.9. The Morgan fingerprint density at radius 1 is 0.615 bits per heavy atom. The average molecular weight is 1120 g/mol. The van der Waals surface area contributed by atoms with Gasteiger partial charge in [-0.25, -0.2) is 0 Å². The minimum absolute atomic E-state index is 0.00936. The zero-order valence-corrected chi connectivity index (χ0v) is 45.1. The molecule has 3 saturated carbocycles. The van der Waals surface area contributed by atoms with Crippen LogP contribution in [0.2, 0.25) is 0 Å². The Hall–Kier alpha value is -2.22. The van der Waals surface area contributed by atoms with Crippen molar-refractivity contribution in [2.75, 3.05) is 26.4 Å². The van der Waals surface area contributed by atoms with E-state index in [9.17, 15) is 76.0 Å². The Morgan fingerprint density at radius 2 is 1.14 bits per heavy atom. The number of aliphatic hydroxyl groups excluding tert-OH is 13. The summed E-state index contributed by atoms with van der Waals surface area (Å²) >= 11 is 0. The molecule has 9 rings (SSSR count). The van der Waals surface area contributed by atoms with Gasteiger partial charge in [-0.2, -0.15) is 0 Å². The van der Waals surface area contributed by atoms with Gasteiger partial charge in [-0.1, -0.05) is 44.9 Å². The van der Waals surface area contributed by atoms with Crippen molar-refractivity contribution in [2.24, 2.45) is 39.4 Å². The van der Waals surface area contributed by atoms with Gasteiger partial charge in [0.2, 0.25) is 0 Å². The first-order chi connectivity index (χ1) is 36.7. The van der Waals surface area contributed by atoms with Crippen LogP contribution in [0.15, 0.2) is 23.8 Å². The molecule has 28 atom stereocenters. The van der Waals surface area contributed by atoms with Gasteiger partial charge in [0, 0.05) is 6.42 Å². The zero-order chi connectivity index (χ0) is 56.9. The molecule has 0 bridgehead atoms. The largest absolute Gasteiger partial charge is 0.458 e. The first-order valence-corrected chi connectivity index (χ1v) is 27.6. The second-order valence-electron chi connectivity index (χ2n) is 25.0. The van der Waals surface area contributed by atoms with Crippen molar-refractivity contribution in [1.82, 2.24) is 0 Å². The van der Waals surface area contributed by atoms with Crippen LogP contribution < -0.4 is 0 Å². The smallest absolute Gasteiger partial charge is 0.314 e. The number of carbonyl (C=O) groups excluding carboxylic acids is 2. The van der Waals surface area contributed by atoms with Crippen LogP contribution in [0.4, 0.5) is 0 Å². The number of fused-ring (bicyclic) bond motifs is 4. The monoisotopic (exact) mass is 1120 g/mol. The first kappa shape index (κ1) is 60.4. The predicted octanol–water partition coefficient (Wildman–Crippen LogP) is -2.53. The number of hydrogen-bond acceptors (Lipinski definition) is 24. The lowest BCUT2D eigenvalue weighted by Crippen LogP contribution is -2.68. The number of rotatable bonds is 16. The van der Waals surface area contributed by atoms with E-state index in [-0.39, 0.29) is 35.4 Å². The standard InChI is InChI=1S/C54H84O24/c1-22(2)9-8-14-53(7)44-25(59)17-52(6)24-10-11-30-50(3,4)31(13-15-51(30,5)23(24)12-16-54(44,52)49(69)78-53)74-48-43(36(64)33(61)27(19-56)72-48)77-46-39(67)37(65)41(29(21-58)73-46)75-47-40(68)42(34(62)28(20-57)71-47)76-45-38(66)35(63)32(60)26(18-55)70-45/h12,24,26-48,55-58,60-68H,1,8-11,13-21H2,2-7H3/t24-,26-,27-,28-,29-,30+,31+,32-,33-,34-,35+,36+,37-,38-,39-,40-,41-,42+,43-,44-,45+,46+,47+,48+,51-,52+,53+,54-/m1/s1. The SMILES string of the molecule is C=C(C)CCC[C@]1(C)OC(=O)[C@]23CC=C4[C@@H](CC[C@H]5C(C)(C)[C@@H](O[C@@H]6O[C@H](CO)[C@@H](O)[C@H](O)[C@H]6O[C@@H]6O[C@H](CO)[C@@H](O[C@@H]7O[C@H](CO)[C@@H](O)[C@H](O[C@@H]8O[C@H](CO)[C@@H](O)[C@H](O)[C@H]8O)[C@H]7O)[C@H](O)[C@H]6O)CC[C@]45C)[C@]2(C)CC(=O)[C@@H]31. The third-order valence-electron chi connectivity index (χ3n) is 20.1. The highest BCUT2D eigenvalue weighted by Crippen LogP contribution is 2.75. The molecular formula is C54H84O24. The molecule has 0 aromatic carbocycles. The Balaban J connectivity index is 0.900. The molecule has 1 spiro atoms. The topological polar surface area (TPSA) is 380 Å². The third kappa shape index (κ3) is 9.69. The number of aliphatic hydroxyl groups is 13. The molecule has 13 N–H and O–H groups in total. The molecule has 78 heavy (non-hydrogen) atoms. The van der Waals surface area contributed by atoms with Crippen molar-refractivity contribution < 1.29 is 119 Å². The highest BCUT2D eigenvalue weighted by atomic mass is 16.8. The lowest BCUT2D eigenvalue weighted by molar-refractivity contribution is -0.395. The van der Waals surface area contributed by atoms with Gasteiger partial charge in [0.15, 0.2) is 25.2 Å². The number of allylic oxidation sites excluding steroid dienone is 3. The average Bonchev–Trinajstić information content (AvgIpc) is 3.23. The minimum Gasteiger partial charge on any atom is -0.458 e. The summed E-state index contributed by atoms with van der Waals surface area (Å²) in [6, 6.07) is 0. The van der Waals surface area contributed by atoms with E-state index in [1.54, 1.807) is 0 Å². The van der Waals surface area contributed by atoms with Crippen molar-refractivity contribution in [2.45, 2.75) is 234 Å². The van der Waals surface area contributed by atoms with Crippen LogP contribution in [-0.2, 0) is 52.2 Å². The summed E-state index contributed by atoms with van der Waals surface area (Å²) in [5.41, 5.74) is -1.31. The second-order valence-corrected chi connectivity index (χ2v) is 25.0. The summed E-state index contributed by atoms with van der Waals surface area (Å²) in [6.45, 7) is 13.0. The normalized spacial score (nSPS) is 51.9. The Morgan fingerprint density at radius 3 is 1.76 bits per heavy atom. The molecule has 0 aromatic rings. The van der Waals surface area contributed by atoms with E-state index < -0.39 is 183 Å². The zero-order valence-electron chi connectivity index (χ0n) is 45.1. The molecule has 0 unspecified atom stereocenters. The van der Waals surface area contributed by atoms with Gasteiger partial charge in [-0.05, 0) is 93.3 Å². The molecule has 4 aliphatic carbocycles. The Bertz CT molecular complexity index is 2210. The van der Waals surface area contributed by atoms with E-state index in [2.05, 4.69) is 40.3 Å². The highest BCUT2D eigenvalue weighted by Gasteiger charge is 2.79. The quantitative estimate of drug-likeness (QED) is 0.0431. The van der Waals surface area contributed by atoms with Crippen LogP contribution >= 0.6 is 0 Å². The van der Waals surface area contributed by atoms with Gasteiger partial charge >= 0.3 is 5.97 Å². The number of esters is 1. The van der Waals surface area contributed by atoms with Crippen LogP contribution in [0.3, 0.4) is 0 Å². The van der Waals surface area contributed by atoms with E-state index in [0.717, 1.165) is 24.8 Å². The van der Waals surface area contributed by atoms with Crippen LogP contribution in [0, 0.1) is 39.4 Å². The van der Waals surface area contributed by atoms with E-state index in [0.29, 0.717) is 32.1 Å². The third-order valence-corrected chi connectivity index (χ3v) is 20.1. The maximum absolute atomic E-state index is 14.4. The molecule has 0 aromatic heterocycles. The van der Waals surface area contributed by atoms with Gasteiger partial charge in [0.05, 0.1) is 43.9 Å². The van der Waals surface area contributed by atoms with Crippen LogP contribution in [-0.4, -0.2) is 239 Å². The number of ether oxygens (including phenoxy) is 9. The van der Waals surface area contributed by atoms with Crippen molar-refractivity contribution in [3.8, 4) is 0 Å². The van der Waals surface area contributed by atoms with Gasteiger partial charge in [0.25, 0.3) is 0 Å². The number of cyclic esters (lactones) is 1. The van der Waals surface area contributed by atoms with Gasteiger partial charge in [-0.3, -0.25) is 9.59 Å². The predicted molar refractivity (Wildman–Crippen MR) is 263 cm³/mol. The minimum atomic E-state index is -2.07. The molecule has 5 aliphatic heterocycles. The Labute approximate surface area is 452 Å². The number of hydrogen-bond donors (Lipinski definition) is 13. The molecule has 5 heterocycles. The molecule has 5 saturated heterocycles. The van der Waals surface area contributed by atoms with Gasteiger partial charge < -0.3 is 109 Å². The van der Waals surface area contributed by atoms with Crippen LogP contribution in [0.1, 0.15) is 99.3 Å². The number of carbonyl (C=O) groups is 2. The highest BCUT2D eigenvalue weighted by molar-refractivity contribution is 5.99. The molecule has 24 heteroatoms. The maximum atomic E-state index is 14.4. The number of ketones is 1. The van der Waals surface area contributed by atoms with Crippen LogP contribution in [0.25, 0.3) is 0 Å².